The van der Waals surface area contributed by atoms with Gasteiger partial charge in [-0.25, -0.2) is 0 Å². The van der Waals surface area contributed by atoms with Crippen molar-refractivity contribution >= 4 is 5.91 Å². The van der Waals surface area contributed by atoms with Gasteiger partial charge in [-0.15, -0.1) is 0 Å². The van der Waals surface area contributed by atoms with Gasteiger partial charge < -0.3 is 20.9 Å². The number of nitrogens with one attached hydrogen (secondary N) is 1. The molecule has 0 heterocycles. The van der Waals surface area contributed by atoms with E-state index in [1.54, 1.807) is 7.11 Å². The lowest BCUT2D eigenvalue weighted by Gasteiger charge is -2.16. The van der Waals surface area contributed by atoms with Gasteiger partial charge in [-0.05, 0) is 25.8 Å². The highest BCUT2D eigenvalue weighted by molar-refractivity contribution is 5.76. The molecule has 5 nitrogen and oxygen atoms in total. The van der Waals surface area contributed by atoms with Crippen molar-refractivity contribution in [2.24, 2.45) is 5.73 Å². The molecule has 17 heavy (non-hydrogen) atoms. The van der Waals surface area contributed by atoms with E-state index in [4.69, 9.17) is 15.6 Å². The van der Waals surface area contributed by atoms with Crippen molar-refractivity contribution in [2.75, 3.05) is 26.9 Å². The highest BCUT2D eigenvalue weighted by Gasteiger charge is 2.10. The van der Waals surface area contributed by atoms with E-state index in [1.807, 2.05) is 0 Å². The summed E-state index contributed by atoms with van der Waals surface area (Å²) >= 11 is 0. The Morgan fingerprint density at radius 2 is 2.06 bits per heavy atom. The SMILES string of the molecule is COCC(CCO)NC(=O)CCCCCCN. The van der Waals surface area contributed by atoms with Crippen LogP contribution in [0.2, 0.25) is 0 Å². The van der Waals surface area contributed by atoms with Crippen LogP contribution in [0.15, 0.2) is 0 Å². The van der Waals surface area contributed by atoms with Crippen LogP contribution < -0.4 is 11.1 Å². The molecule has 4 N–H and O–H groups in total. The Hall–Kier alpha value is -0.650. The number of hydrogen-bond acceptors (Lipinski definition) is 4. The Labute approximate surface area is 104 Å². The lowest BCUT2D eigenvalue weighted by atomic mass is 10.1. The van der Waals surface area contributed by atoms with Crippen molar-refractivity contribution < 1.29 is 14.6 Å². The fourth-order valence-electron chi connectivity index (χ4n) is 1.64. The summed E-state index contributed by atoms with van der Waals surface area (Å²) in [7, 11) is 1.59. The summed E-state index contributed by atoms with van der Waals surface area (Å²) in [5.74, 6) is 0.0354. The molecule has 0 aliphatic heterocycles. The number of aliphatic hydroxyl groups is 1. The van der Waals surface area contributed by atoms with Crippen LogP contribution in [0, 0.1) is 0 Å². The molecule has 0 rings (SSSR count). The summed E-state index contributed by atoms with van der Waals surface area (Å²) in [6.45, 7) is 1.23. The van der Waals surface area contributed by atoms with Gasteiger partial charge in [-0.2, -0.15) is 0 Å². The minimum absolute atomic E-state index is 0.0354. The Kier molecular flexibility index (Phi) is 11.4. The highest BCUT2D eigenvalue weighted by atomic mass is 16.5. The first-order chi connectivity index (χ1) is 8.24. The van der Waals surface area contributed by atoms with Crippen molar-refractivity contribution in [2.45, 2.75) is 44.6 Å². The minimum atomic E-state index is -0.0819. The molecule has 0 spiro atoms. The third-order valence-electron chi connectivity index (χ3n) is 2.57. The summed E-state index contributed by atoms with van der Waals surface area (Å²) in [6.07, 6.45) is 5.12. The van der Waals surface area contributed by atoms with Crippen LogP contribution in [0.5, 0.6) is 0 Å². The molecule has 0 aromatic rings. The van der Waals surface area contributed by atoms with Gasteiger partial charge in [-0.1, -0.05) is 12.8 Å². The molecule has 0 aliphatic carbocycles. The van der Waals surface area contributed by atoms with E-state index in [0.29, 0.717) is 19.4 Å². The summed E-state index contributed by atoms with van der Waals surface area (Å²) in [4.78, 5) is 11.6. The van der Waals surface area contributed by atoms with Crippen molar-refractivity contribution in [1.82, 2.24) is 5.32 Å². The largest absolute Gasteiger partial charge is 0.396 e. The number of carbonyl (C=O) groups is 1. The topological polar surface area (TPSA) is 84.6 Å². The summed E-state index contributed by atoms with van der Waals surface area (Å²) in [5, 5.41) is 11.7. The van der Waals surface area contributed by atoms with Gasteiger partial charge in [0.25, 0.3) is 0 Å². The zero-order valence-electron chi connectivity index (χ0n) is 10.8. The Bertz CT molecular complexity index is 183. The zero-order chi connectivity index (χ0) is 12.9. The van der Waals surface area contributed by atoms with Gasteiger partial charge in [0.15, 0.2) is 0 Å². The molecule has 1 atom stereocenters. The monoisotopic (exact) mass is 246 g/mol. The van der Waals surface area contributed by atoms with Crippen LogP contribution in [0.4, 0.5) is 0 Å². The summed E-state index contributed by atoms with van der Waals surface area (Å²) < 4.78 is 4.98. The van der Waals surface area contributed by atoms with E-state index in [9.17, 15) is 4.79 Å². The van der Waals surface area contributed by atoms with Gasteiger partial charge in [0.05, 0.1) is 12.6 Å². The highest BCUT2D eigenvalue weighted by Crippen LogP contribution is 2.03. The fourth-order valence-corrected chi connectivity index (χ4v) is 1.64. The van der Waals surface area contributed by atoms with Crippen LogP contribution in [0.3, 0.4) is 0 Å². The molecule has 1 amide bonds. The zero-order valence-corrected chi connectivity index (χ0v) is 10.8. The van der Waals surface area contributed by atoms with Crippen LogP contribution in [0.1, 0.15) is 38.5 Å². The molecule has 5 heteroatoms. The number of amides is 1. The first-order valence-electron chi connectivity index (χ1n) is 6.33. The average Bonchev–Trinajstić information content (AvgIpc) is 2.29. The van der Waals surface area contributed by atoms with E-state index in [0.717, 1.165) is 32.2 Å². The van der Waals surface area contributed by atoms with E-state index >= 15 is 0 Å². The predicted octanol–water partition coefficient (Wildman–Crippen LogP) is 0.409. The average molecular weight is 246 g/mol. The third-order valence-corrected chi connectivity index (χ3v) is 2.57. The lowest BCUT2D eigenvalue weighted by Crippen LogP contribution is -2.38. The maximum Gasteiger partial charge on any atom is 0.220 e. The van der Waals surface area contributed by atoms with Crippen molar-refractivity contribution in [3.8, 4) is 0 Å². The van der Waals surface area contributed by atoms with Gasteiger partial charge in [0.1, 0.15) is 0 Å². The normalized spacial score (nSPS) is 12.4. The molecular formula is C12H26N2O3. The van der Waals surface area contributed by atoms with Gasteiger partial charge >= 0.3 is 0 Å². The second kappa shape index (κ2) is 11.8. The smallest absolute Gasteiger partial charge is 0.220 e. The number of nitrogens with two attached hydrogens (primary N) is 1. The predicted molar refractivity (Wildman–Crippen MR) is 67.6 cm³/mol. The number of unbranched alkanes of at least 4 members (excludes halogenated alkanes) is 3. The maximum atomic E-state index is 11.6. The lowest BCUT2D eigenvalue weighted by molar-refractivity contribution is -0.122. The molecule has 0 saturated carbocycles. The first kappa shape index (κ1) is 16.4. The van der Waals surface area contributed by atoms with E-state index < -0.39 is 0 Å². The molecule has 0 aromatic carbocycles. The molecule has 0 aliphatic rings. The standard InChI is InChI=1S/C12H26N2O3/c1-17-10-11(7-9-15)14-12(16)6-4-2-3-5-8-13/h11,15H,2-10,13H2,1H3,(H,14,16). The van der Waals surface area contributed by atoms with E-state index in [1.165, 1.54) is 0 Å². The van der Waals surface area contributed by atoms with Crippen molar-refractivity contribution in [3.63, 3.8) is 0 Å². The Balaban J connectivity index is 3.59. The molecule has 102 valence electrons. The molecule has 0 fully saturated rings. The quantitative estimate of drug-likeness (QED) is 0.461. The third kappa shape index (κ3) is 10.2. The van der Waals surface area contributed by atoms with Crippen molar-refractivity contribution in [3.05, 3.63) is 0 Å². The van der Waals surface area contributed by atoms with Crippen LogP contribution in [0.25, 0.3) is 0 Å². The number of rotatable bonds is 11. The van der Waals surface area contributed by atoms with Gasteiger partial charge in [0.2, 0.25) is 5.91 Å². The number of methoxy groups -OCH3 is 1. The second-order valence-corrected chi connectivity index (χ2v) is 4.18. The fraction of sp³-hybridized carbons (Fsp3) is 0.917. The molecular weight excluding hydrogens is 220 g/mol. The van der Waals surface area contributed by atoms with Crippen LogP contribution in [-0.2, 0) is 9.53 Å². The molecule has 0 aromatic heterocycles. The second-order valence-electron chi connectivity index (χ2n) is 4.18. The number of ether oxygens (including phenoxy) is 1. The molecule has 0 saturated heterocycles. The van der Waals surface area contributed by atoms with Crippen LogP contribution >= 0.6 is 0 Å². The Morgan fingerprint density at radius 1 is 1.35 bits per heavy atom. The summed E-state index contributed by atoms with van der Waals surface area (Å²) in [6, 6.07) is -0.0819. The molecule has 1 unspecified atom stereocenters. The van der Waals surface area contributed by atoms with E-state index in [-0.39, 0.29) is 18.6 Å². The first-order valence-corrected chi connectivity index (χ1v) is 6.33. The minimum Gasteiger partial charge on any atom is -0.396 e. The number of hydrogen-bond donors (Lipinski definition) is 3. The molecule has 0 bridgehead atoms. The maximum absolute atomic E-state index is 11.6. The summed E-state index contributed by atoms with van der Waals surface area (Å²) in [5.41, 5.74) is 5.39. The van der Waals surface area contributed by atoms with E-state index in [2.05, 4.69) is 5.32 Å². The van der Waals surface area contributed by atoms with Crippen molar-refractivity contribution in [1.29, 1.82) is 0 Å². The Morgan fingerprint density at radius 3 is 2.65 bits per heavy atom. The van der Waals surface area contributed by atoms with Gasteiger partial charge in [-0.3, -0.25) is 4.79 Å². The number of aliphatic hydroxyl groups excluding tert-OH is 1. The number of carbonyl (C=O) groups excluding carboxylic acids is 1. The van der Waals surface area contributed by atoms with Gasteiger partial charge in [0, 0.05) is 20.1 Å². The van der Waals surface area contributed by atoms with Crippen LogP contribution in [-0.4, -0.2) is 43.9 Å². The molecule has 0 radical (unpaired) electrons.